The Balaban J connectivity index is 2.46. The molecule has 0 radical (unpaired) electrons. The molecule has 0 saturated carbocycles. The van der Waals surface area contributed by atoms with E-state index in [1.54, 1.807) is 0 Å². The van der Waals surface area contributed by atoms with Gasteiger partial charge in [0.05, 0.1) is 17.5 Å². The topological polar surface area (TPSA) is 110 Å². The normalized spacial score (nSPS) is 12.1. The second-order valence-electron chi connectivity index (χ2n) is 3.29. The van der Waals surface area contributed by atoms with Gasteiger partial charge in [-0.05, 0) is 6.42 Å². The number of aromatic amines is 1. The monoisotopic (exact) mass is 242 g/mol. The smallest absolute Gasteiger partial charge is 0.230 e. The maximum Gasteiger partial charge on any atom is 0.230 e. The van der Waals surface area contributed by atoms with E-state index in [2.05, 4.69) is 25.9 Å². The Labute approximate surface area is 98.2 Å². The van der Waals surface area contributed by atoms with E-state index in [0.29, 0.717) is 12.2 Å². The highest BCUT2D eigenvalue weighted by Gasteiger charge is 2.20. The molecule has 0 bridgehead atoms. The first-order valence-electron chi connectivity index (χ1n) is 4.94. The van der Waals surface area contributed by atoms with Crippen LogP contribution in [0.15, 0.2) is 0 Å². The fraction of sp³-hybridized carbons (Fsp3) is 0.625. The van der Waals surface area contributed by atoms with Crippen molar-refractivity contribution in [3.63, 3.8) is 0 Å². The minimum absolute atomic E-state index is 0.195. The zero-order valence-corrected chi connectivity index (χ0v) is 9.75. The summed E-state index contributed by atoms with van der Waals surface area (Å²) in [6, 6.07) is 0. The fourth-order valence-electron chi connectivity index (χ4n) is 1.24. The molecule has 0 saturated heterocycles. The maximum atomic E-state index is 11.7. The third-order valence-corrected chi connectivity index (χ3v) is 2.33. The lowest BCUT2D eigenvalue weighted by Gasteiger charge is -2.13. The van der Waals surface area contributed by atoms with Crippen molar-refractivity contribution in [1.29, 1.82) is 0 Å². The van der Waals surface area contributed by atoms with E-state index in [4.69, 9.17) is 18.0 Å². The van der Waals surface area contributed by atoms with Crippen LogP contribution < -0.4 is 11.1 Å². The molecule has 0 aliphatic rings. The molecule has 1 rings (SSSR count). The Morgan fingerprint density at radius 3 is 2.94 bits per heavy atom. The van der Waals surface area contributed by atoms with Crippen LogP contribution in [0, 0.1) is 5.92 Å². The number of nitrogens with two attached hydrogens (primary N) is 1. The van der Waals surface area contributed by atoms with Gasteiger partial charge in [0.2, 0.25) is 5.91 Å². The van der Waals surface area contributed by atoms with Gasteiger partial charge in [0.25, 0.3) is 0 Å². The Kier molecular flexibility index (Phi) is 4.77. The number of nitrogens with zero attached hydrogens (tertiary/aromatic N) is 3. The molecule has 0 aromatic carbocycles. The number of amides is 1. The molecule has 88 valence electrons. The van der Waals surface area contributed by atoms with Gasteiger partial charge in [-0.25, -0.2) is 0 Å². The Morgan fingerprint density at radius 2 is 2.44 bits per heavy atom. The van der Waals surface area contributed by atoms with Crippen molar-refractivity contribution in [3.8, 4) is 0 Å². The molecule has 1 heterocycles. The molecular formula is C8H14N6OS. The van der Waals surface area contributed by atoms with E-state index in [0.717, 1.165) is 6.42 Å². The van der Waals surface area contributed by atoms with Crippen LogP contribution in [0.25, 0.3) is 0 Å². The highest BCUT2D eigenvalue weighted by molar-refractivity contribution is 7.80. The molecule has 7 nitrogen and oxygen atoms in total. The van der Waals surface area contributed by atoms with Crippen LogP contribution in [-0.4, -0.2) is 31.5 Å². The van der Waals surface area contributed by atoms with Crippen LogP contribution in [0.3, 0.4) is 0 Å². The van der Waals surface area contributed by atoms with Gasteiger partial charge < -0.3 is 11.1 Å². The van der Waals surface area contributed by atoms with Crippen molar-refractivity contribution < 1.29 is 4.79 Å². The molecule has 4 N–H and O–H groups in total. The lowest BCUT2D eigenvalue weighted by atomic mass is 10.0. The average molecular weight is 242 g/mol. The van der Waals surface area contributed by atoms with Gasteiger partial charge in [-0.2, -0.15) is 5.21 Å². The number of H-pyrrole nitrogens is 1. The van der Waals surface area contributed by atoms with Crippen LogP contribution in [0.2, 0.25) is 0 Å². The van der Waals surface area contributed by atoms with Crippen molar-refractivity contribution in [2.45, 2.75) is 26.3 Å². The molecule has 1 aromatic heterocycles. The summed E-state index contributed by atoms with van der Waals surface area (Å²) < 4.78 is 0. The SMILES string of the molecule is CCCC(C(=O)NCc1nn[nH]n1)C(N)=S. The van der Waals surface area contributed by atoms with Crippen molar-refractivity contribution in [2.75, 3.05) is 0 Å². The van der Waals surface area contributed by atoms with Gasteiger partial charge in [-0.15, -0.1) is 10.2 Å². The maximum absolute atomic E-state index is 11.7. The number of carbonyl (C=O) groups excluding carboxylic acids is 1. The summed E-state index contributed by atoms with van der Waals surface area (Å²) in [6.07, 6.45) is 1.49. The molecule has 0 aliphatic heterocycles. The van der Waals surface area contributed by atoms with Crippen molar-refractivity contribution in [1.82, 2.24) is 25.9 Å². The minimum atomic E-state index is -0.424. The number of nitrogens with one attached hydrogen (secondary N) is 2. The summed E-state index contributed by atoms with van der Waals surface area (Å²) in [6.45, 7) is 2.19. The van der Waals surface area contributed by atoms with Crippen LogP contribution in [-0.2, 0) is 11.3 Å². The lowest BCUT2D eigenvalue weighted by Crippen LogP contribution is -2.37. The van der Waals surface area contributed by atoms with Crippen molar-refractivity contribution >= 4 is 23.1 Å². The van der Waals surface area contributed by atoms with Crippen molar-refractivity contribution in [3.05, 3.63) is 5.82 Å². The number of carbonyl (C=O) groups is 1. The Bertz CT molecular complexity index is 351. The molecule has 1 amide bonds. The van der Waals surface area contributed by atoms with Crippen LogP contribution in [0.4, 0.5) is 0 Å². The van der Waals surface area contributed by atoms with Crippen LogP contribution in [0.1, 0.15) is 25.6 Å². The molecule has 1 unspecified atom stereocenters. The minimum Gasteiger partial charge on any atom is -0.393 e. The second kappa shape index (κ2) is 6.11. The Morgan fingerprint density at radius 1 is 1.69 bits per heavy atom. The first-order chi connectivity index (χ1) is 7.65. The van der Waals surface area contributed by atoms with Crippen LogP contribution in [0.5, 0.6) is 0 Å². The van der Waals surface area contributed by atoms with E-state index in [1.165, 1.54) is 0 Å². The number of thiocarbonyl (C=S) groups is 1. The predicted octanol–water partition coefficient (Wildman–Crippen LogP) is -0.482. The summed E-state index contributed by atoms with van der Waals surface area (Å²) in [5.41, 5.74) is 5.49. The summed E-state index contributed by atoms with van der Waals surface area (Å²) >= 11 is 4.84. The number of hydrogen-bond acceptors (Lipinski definition) is 5. The van der Waals surface area contributed by atoms with Crippen LogP contribution >= 0.6 is 12.2 Å². The van der Waals surface area contributed by atoms with E-state index >= 15 is 0 Å². The average Bonchev–Trinajstić information content (AvgIpc) is 2.75. The molecular weight excluding hydrogens is 228 g/mol. The second-order valence-corrected chi connectivity index (χ2v) is 3.76. The van der Waals surface area contributed by atoms with E-state index in [9.17, 15) is 4.79 Å². The summed E-state index contributed by atoms with van der Waals surface area (Å²) in [5, 5.41) is 15.8. The molecule has 1 atom stereocenters. The molecule has 0 spiro atoms. The summed E-state index contributed by atoms with van der Waals surface area (Å²) in [5.74, 6) is -0.197. The van der Waals surface area contributed by atoms with Gasteiger partial charge in [0.15, 0.2) is 5.82 Å². The van der Waals surface area contributed by atoms with Gasteiger partial charge in [0.1, 0.15) is 0 Å². The quantitative estimate of drug-likeness (QED) is 0.581. The fourth-order valence-corrected chi connectivity index (χ4v) is 1.46. The van der Waals surface area contributed by atoms with Gasteiger partial charge >= 0.3 is 0 Å². The largest absolute Gasteiger partial charge is 0.393 e. The van der Waals surface area contributed by atoms with E-state index in [-0.39, 0.29) is 17.4 Å². The summed E-state index contributed by atoms with van der Waals surface area (Å²) in [7, 11) is 0. The Hall–Kier alpha value is -1.57. The van der Waals surface area contributed by atoms with Gasteiger partial charge in [0, 0.05) is 0 Å². The standard InChI is InChI=1S/C8H14N6OS/c1-2-3-5(7(9)16)8(15)10-4-6-11-13-14-12-6/h5H,2-4H2,1H3,(H2,9,16)(H,10,15)(H,11,12,13,14). The first-order valence-corrected chi connectivity index (χ1v) is 5.35. The predicted molar refractivity (Wildman–Crippen MR) is 61.2 cm³/mol. The zero-order chi connectivity index (χ0) is 12.0. The molecule has 1 aromatic rings. The summed E-state index contributed by atoms with van der Waals surface area (Å²) in [4.78, 5) is 11.9. The third-order valence-electron chi connectivity index (χ3n) is 2.05. The zero-order valence-electron chi connectivity index (χ0n) is 8.93. The molecule has 0 aliphatic carbocycles. The molecule has 0 fully saturated rings. The highest BCUT2D eigenvalue weighted by atomic mass is 32.1. The number of hydrogen-bond donors (Lipinski definition) is 3. The molecule has 16 heavy (non-hydrogen) atoms. The lowest BCUT2D eigenvalue weighted by molar-refractivity contribution is -0.123. The van der Waals surface area contributed by atoms with Gasteiger partial charge in [-0.1, -0.05) is 30.8 Å². The molecule has 8 heteroatoms. The number of aromatic nitrogens is 4. The number of rotatable bonds is 6. The van der Waals surface area contributed by atoms with Gasteiger partial charge in [-0.3, -0.25) is 4.79 Å². The first kappa shape index (κ1) is 12.5. The van der Waals surface area contributed by atoms with Crippen molar-refractivity contribution in [2.24, 2.45) is 11.7 Å². The van der Waals surface area contributed by atoms with E-state index < -0.39 is 5.92 Å². The highest BCUT2D eigenvalue weighted by Crippen LogP contribution is 2.07. The van der Waals surface area contributed by atoms with E-state index in [1.807, 2.05) is 6.92 Å². The third kappa shape index (κ3) is 3.54. The number of tetrazole rings is 1.